The normalized spacial score (nSPS) is 25.6. The van der Waals surface area contributed by atoms with Crippen molar-refractivity contribution >= 4 is 17.4 Å². The number of rotatable bonds is 4. The highest BCUT2D eigenvalue weighted by atomic mass is 32.1. The highest BCUT2D eigenvalue weighted by molar-refractivity contribution is 7.03. The maximum absolute atomic E-state index is 14.7. The summed E-state index contributed by atoms with van der Waals surface area (Å²) in [5, 5.41) is 6.20. The average Bonchev–Trinajstić information content (AvgIpc) is 3.20. The first kappa shape index (κ1) is 19.4. The molecule has 2 aromatic heterocycles. The standard InChI is InChI=1S/C19H25F2N5OS/c1-14-6-16(24(2)23-14)9-26-5-3-4-18(17(26)27)11-19(20,21)13-25(12-18)8-15-7-22-28-10-15/h6-7,10H,3-5,8-9,11-13H2,1-2H3/t18-/m0/s1. The lowest BCUT2D eigenvalue weighted by molar-refractivity contribution is -0.171. The summed E-state index contributed by atoms with van der Waals surface area (Å²) in [7, 11) is 1.85. The van der Waals surface area contributed by atoms with Gasteiger partial charge in [0.15, 0.2) is 0 Å². The number of piperidine rings is 2. The summed E-state index contributed by atoms with van der Waals surface area (Å²) in [5.74, 6) is -3.02. The number of aromatic nitrogens is 3. The van der Waals surface area contributed by atoms with Gasteiger partial charge < -0.3 is 4.90 Å². The number of amides is 1. The number of alkyl halides is 2. The lowest BCUT2D eigenvalue weighted by atomic mass is 9.71. The zero-order valence-electron chi connectivity index (χ0n) is 16.2. The van der Waals surface area contributed by atoms with Crippen molar-refractivity contribution in [3.8, 4) is 0 Å². The van der Waals surface area contributed by atoms with Crippen LogP contribution in [0.1, 0.15) is 36.2 Å². The van der Waals surface area contributed by atoms with Crippen LogP contribution >= 0.6 is 11.5 Å². The van der Waals surface area contributed by atoms with Gasteiger partial charge in [-0.3, -0.25) is 14.4 Å². The van der Waals surface area contributed by atoms with E-state index in [4.69, 9.17) is 0 Å². The SMILES string of the molecule is Cc1cc(CN2CCC[C@]3(CN(Cc4cnsc4)CC(F)(F)C3)C2=O)n(C)n1. The van der Waals surface area contributed by atoms with Gasteiger partial charge in [-0.05, 0) is 42.9 Å². The number of carbonyl (C=O) groups is 1. The molecule has 0 saturated carbocycles. The number of likely N-dealkylation sites (tertiary alicyclic amines) is 2. The quantitative estimate of drug-likeness (QED) is 0.779. The molecule has 1 spiro atoms. The highest BCUT2D eigenvalue weighted by Gasteiger charge is 2.55. The van der Waals surface area contributed by atoms with Crippen LogP contribution < -0.4 is 0 Å². The number of nitrogens with zero attached hydrogens (tertiary/aromatic N) is 5. The predicted molar refractivity (Wildman–Crippen MR) is 102 cm³/mol. The molecule has 0 bridgehead atoms. The van der Waals surface area contributed by atoms with Crippen LogP contribution in [0.4, 0.5) is 8.78 Å². The molecule has 0 aromatic carbocycles. The Balaban J connectivity index is 1.55. The minimum atomic E-state index is -2.87. The molecule has 2 fully saturated rings. The van der Waals surface area contributed by atoms with E-state index in [1.165, 1.54) is 11.5 Å². The van der Waals surface area contributed by atoms with E-state index in [1.54, 1.807) is 20.7 Å². The van der Waals surface area contributed by atoms with Crippen molar-refractivity contribution in [2.24, 2.45) is 12.5 Å². The second-order valence-corrected chi connectivity index (χ2v) is 8.88. The molecule has 4 heterocycles. The molecule has 9 heteroatoms. The minimum absolute atomic E-state index is 0.148. The number of carbonyl (C=O) groups excluding carboxylic acids is 1. The summed E-state index contributed by atoms with van der Waals surface area (Å²) >= 11 is 1.31. The predicted octanol–water partition coefficient (Wildman–Crippen LogP) is 2.84. The van der Waals surface area contributed by atoms with Gasteiger partial charge in [0.25, 0.3) is 5.92 Å². The molecule has 2 saturated heterocycles. The summed E-state index contributed by atoms with van der Waals surface area (Å²) in [5.41, 5.74) is 1.71. The van der Waals surface area contributed by atoms with Gasteiger partial charge in [0.2, 0.25) is 5.91 Å². The maximum atomic E-state index is 14.7. The van der Waals surface area contributed by atoms with Crippen molar-refractivity contribution in [3.63, 3.8) is 0 Å². The van der Waals surface area contributed by atoms with Crippen molar-refractivity contribution in [2.75, 3.05) is 19.6 Å². The highest BCUT2D eigenvalue weighted by Crippen LogP contribution is 2.45. The van der Waals surface area contributed by atoms with Crippen molar-refractivity contribution in [1.29, 1.82) is 0 Å². The molecule has 2 aliphatic heterocycles. The van der Waals surface area contributed by atoms with Gasteiger partial charge in [-0.1, -0.05) is 0 Å². The van der Waals surface area contributed by atoms with Crippen LogP contribution in [0.15, 0.2) is 17.6 Å². The summed E-state index contributed by atoms with van der Waals surface area (Å²) < 4.78 is 35.2. The van der Waals surface area contributed by atoms with Crippen LogP contribution in [0, 0.1) is 12.3 Å². The minimum Gasteiger partial charge on any atom is -0.336 e. The Bertz CT molecular complexity index is 853. The van der Waals surface area contributed by atoms with E-state index in [9.17, 15) is 13.6 Å². The lowest BCUT2D eigenvalue weighted by Gasteiger charge is -2.49. The zero-order valence-corrected chi connectivity index (χ0v) is 17.0. The van der Waals surface area contributed by atoms with Crippen molar-refractivity contribution in [3.05, 3.63) is 34.6 Å². The van der Waals surface area contributed by atoms with E-state index in [1.807, 2.05) is 25.4 Å². The molecule has 0 aliphatic carbocycles. The summed E-state index contributed by atoms with van der Waals surface area (Å²) in [6, 6.07) is 1.94. The van der Waals surface area contributed by atoms with Crippen LogP contribution in [0.25, 0.3) is 0 Å². The molecule has 2 aliphatic rings. The summed E-state index contributed by atoms with van der Waals surface area (Å²) in [4.78, 5) is 16.9. The fourth-order valence-electron chi connectivity index (χ4n) is 4.71. The third-order valence-electron chi connectivity index (χ3n) is 5.74. The third-order valence-corrected chi connectivity index (χ3v) is 6.38. The van der Waals surface area contributed by atoms with Crippen LogP contribution in [-0.2, 0) is 24.9 Å². The molecule has 0 unspecified atom stereocenters. The molecule has 0 radical (unpaired) electrons. The van der Waals surface area contributed by atoms with E-state index < -0.39 is 11.3 Å². The largest absolute Gasteiger partial charge is 0.336 e. The van der Waals surface area contributed by atoms with Gasteiger partial charge in [-0.15, -0.1) is 0 Å². The second-order valence-electron chi connectivity index (χ2n) is 8.22. The van der Waals surface area contributed by atoms with Crippen LogP contribution in [0.3, 0.4) is 0 Å². The van der Waals surface area contributed by atoms with Gasteiger partial charge in [-0.2, -0.15) is 5.10 Å². The topological polar surface area (TPSA) is 54.3 Å². The molecule has 1 amide bonds. The summed E-state index contributed by atoms with van der Waals surface area (Å²) in [6.45, 7) is 3.39. The maximum Gasteiger partial charge on any atom is 0.261 e. The Morgan fingerprint density at radius 1 is 1.29 bits per heavy atom. The molecule has 152 valence electrons. The third kappa shape index (κ3) is 3.82. The summed E-state index contributed by atoms with van der Waals surface area (Å²) in [6.07, 6.45) is 2.61. The van der Waals surface area contributed by atoms with Crippen molar-refractivity contribution in [1.82, 2.24) is 24.0 Å². The molecule has 1 atom stereocenters. The Morgan fingerprint density at radius 2 is 2.11 bits per heavy atom. The van der Waals surface area contributed by atoms with Crippen LogP contribution in [-0.4, -0.2) is 55.4 Å². The Kier molecular flexibility index (Phi) is 4.99. The Morgan fingerprint density at radius 3 is 2.79 bits per heavy atom. The van der Waals surface area contributed by atoms with E-state index >= 15 is 0 Å². The molecule has 2 aromatic rings. The molecule has 6 nitrogen and oxygen atoms in total. The number of aryl methyl sites for hydroxylation is 2. The van der Waals surface area contributed by atoms with E-state index in [2.05, 4.69) is 9.47 Å². The van der Waals surface area contributed by atoms with Crippen molar-refractivity contribution in [2.45, 2.75) is 45.2 Å². The fourth-order valence-corrected chi connectivity index (χ4v) is 5.24. The fraction of sp³-hybridized carbons (Fsp3) is 0.632. The van der Waals surface area contributed by atoms with Gasteiger partial charge in [0.1, 0.15) is 0 Å². The lowest BCUT2D eigenvalue weighted by Crippen LogP contribution is -2.60. The van der Waals surface area contributed by atoms with Crippen LogP contribution in [0.5, 0.6) is 0 Å². The van der Waals surface area contributed by atoms with Gasteiger partial charge in [-0.25, -0.2) is 13.2 Å². The molecule has 28 heavy (non-hydrogen) atoms. The van der Waals surface area contributed by atoms with E-state index in [-0.39, 0.29) is 18.9 Å². The molecule has 0 N–H and O–H groups in total. The number of hydrogen-bond donors (Lipinski definition) is 0. The first-order chi connectivity index (χ1) is 13.3. The molecular formula is C19H25F2N5OS. The molecule has 4 rings (SSSR count). The molecular weight excluding hydrogens is 384 g/mol. The zero-order chi connectivity index (χ0) is 19.9. The smallest absolute Gasteiger partial charge is 0.261 e. The van der Waals surface area contributed by atoms with E-state index in [0.29, 0.717) is 32.6 Å². The second kappa shape index (κ2) is 7.18. The van der Waals surface area contributed by atoms with E-state index in [0.717, 1.165) is 23.4 Å². The van der Waals surface area contributed by atoms with Gasteiger partial charge in [0, 0.05) is 44.7 Å². The average molecular weight is 410 g/mol. The first-order valence-corrected chi connectivity index (χ1v) is 10.4. The van der Waals surface area contributed by atoms with Crippen LogP contribution in [0.2, 0.25) is 0 Å². The number of hydrogen-bond acceptors (Lipinski definition) is 5. The monoisotopic (exact) mass is 409 g/mol. The Hall–Kier alpha value is -1.87. The first-order valence-electron chi connectivity index (χ1n) is 9.54. The Labute approximate surface area is 167 Å². The van der Waals surface area contributed by atoms with Gasteiger partial charge in [0.05, 0.1) is 29.9 Å². The van der Waals surface area contributed by atoms with Crippen molar-refractivity contribution < 1.29 is 13.6 Å². The van der Waals surface area contributed by atoms with Gasteiger partial charge >= 0.3 is 0 Å². The number of halogens is 2.